The number of methoxy groups -OCH3 is 1. The van der Waals surface area contributed by atoms with Crippen molar-refractivity contribution in [3.05, 3.63) is 82.4 Å². The quantitative estimate of drug-likeness (QED) is 0.506. The second kappa shape index (κ2) is 9.13. The number of carbonyl (C=O) groups excluding carboxylic acids is 1. The van der Waals surface area contributed by atoms with Crippen LogP contribution in [-0.2, 0) is 11.2 Å². The molecule has 0 radical (unpaired) electrons. The molecule has 1 aliphatic rings. The first-order valence-corrected chi connectivity index (χ1v) is 11.0. The first-order chi connectivity index (χ1) is 15.4. The van der Waals surface area contributed by atoms with Gasteiger partial charge in [0, 0.05) is 10.7 Å². The fourth-order valence-electron chi connectivity index (χ4n) is 3.97. The van der Waals surface area contributed by atoms with Gasteiger partial charge in [-0.15, -0.1) is 0 Å². The molecule has 32 heavy (non-hydrogen) atoms. The number of amides is 1. The number of phenolic OH excluding ortho intramolecular Hbond substituents is 1. The second-order valence-electron chi connectivity index (χ2n) is 7.95. The lowest BCUT2D eigenvalue weighted by atomic mass is 9.87. The van der Waals surface area contributed by atoms with E-state index in [9.17, 15) is 9.90 Å². The van der Waals surface area contributed by atoms with Gasteiger partial charge in [-0.05, 0) is 78.6 Å². The number of hydrogen-bond donors (Lipinski definition) is 1. The Kier molecular flexibility index (Phi) is 6.28. The second-order valence-corrected chi connectivity index (χ2v) is 8.38. The van der Waals surface area contributed by atoms with Gasteiger partial charge in [-0.25, -0.2) is 0 Å². The summed E-state index contributed by atoms with van der Waals surface area (Å²) in [6, 6.07) is 18.0. The highest BCUT2D eigenvalue weighted by Crippen LogP contribution is 2.43. The third-order valence-corrected chi connectivity index (χ3v) is 6.08. The number of fused-ring (bicyclic) bond motifs is 1. The number of aromatic hydroxyl groups is 1. The fourth-order valence-corrected chi connectivity index (χ4v) is 4.10. The fraction of sp³-hybridized carbons (Fsp3) is 0.269. The molecule has 0 fully saturated rings. The van der Waals surface area contributed by atoms with E-state index in [0.717, 1.165) is 34.5 Å². The Hall–Kier alpha value is -3.18. The zero-order chi connectivity index (χ0) is 22.8. The minimum absolute atomic E-state index is 0.0455. The number of ether oxygens (including phenoxy) is 2. The smallest absolute Gasteiger partial charge is 0.232 e. The lowest BCUT2D eigenvalue weighted by Crippen LogP contribution is -2.41. The van der Waals surface area contributed by atoms with Gasteiger partial charge < -0.3 is 19.5 Å². The molecule has 3 aromatic carbocycles. The maximum atomic E-state index is 13.3. The Balaban J connectivity index is 1.87. The van der Waals surface area contributed by atoms with Gasteiger partial charge in [-0.2, -0.15) is 0 Å². The highest BCUT2D eigenvalue weighted by Gasteiger charge is 2.36. The highest BCUT2D eigenvalue weighted by molar-refractivity contribution is 6.30. The number of halogens is 1. The van der Waals surface area contributed by atoms with Crippen molar-refractivity contribution in [1.82, 2.24) is 0 Å². The van der Waals surface area contributed by atoms with Crippen LogP contribution in [0.25, 0.3) is 0 Å². The van der Waals surface area contributed by atoms with Crippen LogP contribution in [0.15, 0.2) is 60.7 Å². The maximum absolute atomic E-state index is 13.3. The SMILES string of the molecule is CCC(C)Oc1cc2c(cc1O)CC(=O)N(c1ccc(OC)cc1)C2c1ccc(Cl)cc1. The Labute approximate surface area is 193 Å². The topological polar surface area (TPSA) is 59.0 Å². The summed E-state index contributed by atoms with van der Waals surface area (Å²) in [4.78, 5) is 15.1. The van der Waals surface area contributed by atoms with Crippen LogP contribution in [0.5, 0.6) is 17.2 Å². The summed E-state index contributed by atoms with van der Waals surface area (Å²) >= 11 is 6.14. The van der Waals surface area contributed by atoms with Crippen molar-refractivity contribution < 1.29 is 19.4 Å². The molecule has 3 aromatic rings. The number of anilines is 1. The Bertz CT molecular complexity index is 1110. The molecule has 6 heteroatoms. The Morgan fingerprint density at radius 1 is 1.12 bits per heavy atom. The molecule has 0 bridgehead atoms. The van der Waals surface area contributed by atoms with Crippen molar-refractivity contribution in [3.63, 3.8) is 0 Å². The summed E-state index contributed by atoms with van der Waals surface area (Å²) in [6.07, 6.45) is 0.951. The normalized spacial score (nSPS) is 16.4. The molecule has 2 atom stereocenters. The van der Waals surface area contributed by atoms with Crippen LogP contribution in [0.4, 0.5) is 5.69 Å². The van der Waals surface area contributed by atoms with Gasteiger partial charge in [0.05, 0.1) is 25.7 Å². The molecular formula is C26H26ClNO4. The van der Waals surface area contributed by atoms with Crippen LogP contribution in [0.3, 0.4) is 0 Å². The van der Waals surface area contributed by atoms with E-state index in [1.807, 2.05) is 68.4 Å². The predicted molar refractivity (Wildman–Crippen MR) is 126 cm³/mol. The lowest BCUT2D eigenvalue weighted by Gasteiger charge is -2.38. The van der Waals surface area contributed by atoms with E-state index in [2.05, 4.69) is 0 Å². The van der Waals surface area contributed by atoms with E-state index in [0.29, 0.717) is 10.8 Å². The third-order valence-electron chi connectivity index (χ3n) is 5.82. The van der Waals surface area contributed by atoms with Gasteiger partial charge in [-0.3, -0.25) is 4.79 Å². The molecule has 1 aliphatic heterocycles. The number of rotatable bonds is 6. The zero-order valence-electron chi connectivity index (χ0n) is 18.3. The average Bonchev–Trinajstić information content (AvgIpc) is 2.80. The number of phenols is 1. The molecule has 166 valence electrons. The molecule has 0 aliphatic carbocycles. The van der Waals surface area contributed by atoms with Gasteiger partial charge in [0.2, 0.25) is 5.91 Å². The maximum Gasteiger partial charge on any atom is 0.232 e. The van der Waals surface area contributed by atoms with Crippen molar-refractivity contribution in [3.8, 4) is 17.2 Å². The van der Waals surface area contributed by atoms with Crippen molar-refractivity contribution in [2.24, 2.45) is 0 Å². The van der Waals surface area contributed by atoms with Crippen LogP contribution >= 0.6 is 11.6 Å². The monoisotopic (exact) mass is 451 g/mol. The molecular weight excluding hydrogens is 426 g/mol. The highest BCUT2D eigenvalue weighted by atomic mass is 35.5. The summed E-state index contributed by atoms with van der Waals surface area (Å²) in [5.74, 6) is 1.12. The van der Waals surface area contributed by atoms with Crippen LogP contribution in [0, 0.1) is 0 Å². The van der Waals surface area contributed by atoms with Crippen LogP contribution in [0.2, 0.25) is 5.02 Å². The molecule has 0 saturated carbocycles. The summed E-state index contributed by atoms with van der Waals surface area (Å²) in [5.41, 5.74) is 3.38. The minimum atomic E-state index is -0.392. The Morgan fingerprint density at radius 2 is 1.81 bits per heavy atom. The molecule has 2 unspecified atom stereocenters. The number of hydrogen-bond acceptors (Lipinski definition) is 4. The van der Waals surface area contributed by atoms with Crippen LogP contribution in [-0.4, -0.2) is 24.2 Å². The summed E-state index contributed by atoms with van der Waals surface area (Å²) in [7, 11) is 1.61. The van der Waals surface area contributed by atoms with Gasteiger partial charge in [0.25, 0.3) is 0 Å². The largest absolute Gasteiger partial charge is 0.504 e. The standard InChI is InChI=1S/C26H26ClNO4/c1-4-16(2)32-24-15-22-18(13-23(24)29)14-25(30)28(20-9-11-21(31-3)12-10-20)26(22)17-5-7-19(27)8-6-17/h5-13,15-16,26,29H,4,14H2,1-3H3. The van der Waals surface area contributed by atoms with Crippen LogP contribution < -0.4 is 14.4 Å². The van der Waals surface area contributed by atoms with Crippen LogP contribution in [0.1, 0.15) is 43.0 Å². The number of benzene rings is 3. The van der Waals surface area contributed by atoms with Gasteiger partial charge in [0.1, 0.15) is 5.75 Å². The van der Waals surface area contributed by atoms with Gasteiger partial charge >= 0.3 is 0 Å². The number of carbonyl (C=O) groups is 1. The minimum Gasteiger partial charge on any atom is -0.504 e. The molecule has 0 spiro atoms. The average molecular weight is 452 g/mol. The molecule has 0 saturated heterocycles. The van der Waals surface area contributed by atoms with E-state index in [1.165, 1.54) is 0 Å². The van der Waals surface area contributed by atoms with Gasteiger partial charge in [-0.1, -0.05) is 30.7 Å². The molecule has 5 nitrogen and oxygen atoms in total. The summed E-state index contributed by atoms with van der Waals surface area (Å²) in [5, 5.41) is 11.2. The molecule has 1 amide bonds. The van der Waals surface area contributed by atoms with Crippen molar-refractivity contribution in [2.45, 2.75) is 38.8 Å². The molecule has 0 aromatic heterocycles. The molecule has 4 rings (SSSR count). The summed E-state index contributed by atoms with van der Waals surface area (Å²) in [6.45, 7) is 3.99. The van der Waals surface area contributed by atoms with Crippen molar-refractivity contribution in [2.75, 3.05) is 12.0 Å². The Morgan fingerprint density at radius 3 is 2.44 bits per heavy atom. The van der Waals surface area contributed by atoms with Gasteiger partial charge in [0.15, 0.2) is 11.5 Å². The van der Waals surface area contributed by atoms with Crippen molar-refractivity contribution >= 4 is 23.2 Å². The van der Waals surface area contributed by atoms with E-state index in [4.69, 9.17) is 21.1 Å². The van der Waals surface area contributed by atoms with E-state index >= 15 is 0 Å². The molecule has 1 heterocycles. The van der Waals surface area contributed by atoms with E-state index in [1.54, 1.807) is 18.1 Å². The predicted octanol–water partition coefficient (Wildman–Crippen LogP) is 5.91. The lowest BCUT2D eigenvalue weighted by molar-refractivity contribution is -0.118. The van der Waals surface area contributed by atoms with E-state index < -0.39 is 6.04 Å². The van der Waals surface area contributed by atoms with Crippen molar-refractivity contribution in [1.29, 1.82) is 0 Å². The third kappa shape index (κ3) is 4.26. The first-order valence-electron chi connectivity index (χ1n) is 10.6. The number of nitrogens with zero attached hydrogens (tertiary/aromatic N) is 1. The first kappa shape index (κ1) is 22.0. The molecule has 1 N–H and O–H groups in total. The van der Waals surface area contributed by atoms with E-state index in [-0.39, 0.29) is 24.2 Å². The summed E-state index contributed by atoms with van der Waals surface area (Å²) < 4.78 is 11.2. The zero-order valence-corrected chi connectivity index (χ0v) is 19.1.